The molecule has 1 aliphatic heterocycles. The fraction of sp³-hybridized carbons (Fsp3) is 0.447. The molecule has 5 rings (SSSR count). The average molecular weight is 698 g/mol. The summed E-state index contributed by atoms with van der Waals surface area (Å²) in [6.45, 7) is 6.14. The maximum Gasteiger partial charge on any atom is 0.252 e. The van der Waals surface area contributed by atoms with Crippen molar-refractivity contribution in [2.24, 2.45) is 0 Å². The first-order chi connectivity index (χ1) is 23.7. The first kappa shape index (κ1) is 36.7. The van der Waals surface area contributed by atoms with Gasteiger partial charge in [0.2, 0.25) is 0 Å². The third-order valence-electron chi connectivity index (χ3n) is 8.69. The van der Waals surface area contributed by atoms with Gasteiger partial charge in [0.1, 0.15) is 31.5 Å². The number of ether oxygens (including phenoxy) is 4. The summed E-state index contributed by atoms with van der Waals surface area (Å²) in [6.07, 6.45) is 0.0352. The van der Waals surface area contributed by atoms with E-state index in [2.05, 4.69) is 10.6 Å². The molecule has 2 N–H and O–H groups in total. The number of hydrogen-bond donors (Lipinski definition) is 2. The summed E-state index contributed by atoms with van der Waals surface area (Å²) in [4.78, 5) is 16.5. The highest BCUT2D eigenvalue weighted by Crippen LogP contribution is 2.36. The molecule has 0 unspecified atom stereocenters. The van der Waals surface area contributed by atoms with E-state index < -0.39 is 13.0 Å². The average Bonchev–Trinajstić information content (AvgIpc) is 3.93. The van der Waals surface area contributed by atoms with Gasteiger partial charge in [-0.25, -0.2) is 8.78 Å². The Labute approximate surface area is 292 Å². The molecule has 1 atom stereocenters. The van der Waals surface area contributed by atoms with Gasteiger partial charge in [0.05, 0.1) is 19.2 Å². The maximum absolute atomic E-state index is 14.6. The van der Waals surface area contributed by atoms with Crippen LogP contribution in [-0.2, 0) is 27.4 Å². The molecule has 264 valence electrons. The molecule has 0 aromatic heterocycles. The smallest absolute Gasteiger partial charge is 0.252 e. The molecule has 3 aromatic carbocycles. The molecule has 0 radical (unpaired) electrons. The molecule has 3 aromatic rings. The zero-order valence-corrected chi connectivity index (χ0v) is 29.2. The van der Waals surface area contributed by atoms with Crippen LogP contribution in [0.4, 0.5) is 8.78 Å². The first-order valence-corrected chi connectivity index (χ1v) is 17.2. The lowest BCUT2D eigenvalue weighted by Gasteiger charge is -2.33. The largest absolute Gasteiger partial charge is 0.490 e. The normalized spacial score (nSPS) is 16.3. The highest BCUT2D eigenvalue weighted by atomic mass is 35.5. The van der Waals surface area contributed by atoms with Gasteiger partial charge in [-0.3, -0.25) is 4.79 Å². The van der Waals surface area contributed by atoms with Crippen molar-refractivity contribution in [3.63, 3.8) is 0 Å². The number of carbonyl (C=O) groups is 1. The minimum atomic E-state index is -2.43. The Hall–Kier alpha value is -3.54. The Morgan fingerprint density at radius 1 is 1.04 bits per heavy atom. The summed E-state index contributed by atoms with van der Waals surface area (Å²) in [5.74, 6) is 1.53. The number of carbonyl (C=O) groups excluding carboxylic acids is 1. The Kier molecular flexibility index (Phi) is 13.4. The van der Waals surface area contributed by atoms with E-state index in [1.54, 1.807) is 13.2 Å². The number of aryl methyl sites for hydroxylation is 2. The molecular formula is C38H46ClF2N3O5. The minimum Gasteiger partial charge on any atom is -0.490 e. The summed E-state index contributed by atoms with van der Waals surface area (Å²) in [5, 5.41) is 6.78. The molecule has 1 saturated carbocycles. The van der Waals surface area contributed by atoms with Crippen molar-refractivity contribution in [3.05, 3.63) is 99.1 Å². The number of nitrogens with one attached hydrogen (secondary N) is 2. The fourth-order valence-electron chi connectivity index (χ4n) is 6.15. The molecular weight excluding hydrogens is 652 g/mol. The van der Waals surface area contributed by atoms with E-state index in [1.165, 1.54) is 0 Å². The lowest BCUT2D eigenvalue weighted by Crippen LogP contribution is -2.47. The van der Waals surface area contributed by atoms with E-state index >= 15 is 0 Å². The van der Waals surface area contributed by atoms with Crippen LogP contribution in [-0.4, -0.2) is 76.1 Å². The SMILES string of the molecule is COCOC[C@H]1NCCC(c2ccc(OCCOc3c(C)cccc3C)cc2)=C1C(=O)N(Cc1cc(CNCC(F)F)ccc1Cl)C1CC1. The van der Waals surface area contributed by atoms with Crippen LogP contribution in [0.25, 0.3) is 5.57 Å². The number of benzene rings is 3. The lowest BCUT2D eigenvalue weighted by atomic mass is 9.88. The molecule has 49 heavy (non-hydrogen) atoms. The highest BCUT2D eigenvalue weighted by Gasteiger charge is 2.38. The molecule has 0 spiro atoms. The summed E-state index contributed by atoms with van der Waals surface area (Å²) in [6, 6.07) is 19.1. The number of rotatable bonds is 18. The number of hydrogen-bond acceptors (Lipinski definition) is 7. The van der Waals surface area contributed by atoms with Gasteiger partial charge in [0.25, 0.3) is 12.3 Å². The van der Waals surface area contributed by atoms with E-state index in [1.807, 2.05) is 73.3 Å². The molecule has 11 heteroatoms. The van der Waals surface area contributed by atoms with Crippen LogP contribution in [0.1, 0.15) is 47.1 Å². The van der Waals surface area contributed by atoms with Gasteiger partial charge >= 0.3 is 0 Å². The standard InChI is InChI=1S/C38H46ClF2N3O5/c1-25-5-4-6-26(2)37(25)49-18-17-48-31-12-8-28(9-13-31)32-15-16-43-34(23-47-24-46-3)36(32)38(45)44(30-10-11-30)22-29-19-27(7-14-33(29)39)20-42-21-35(40)41/h4-9,12-14,19,30,34-35,42-43H,10-11,15-18,20-24H2,1-3H3/t34-/m1/s1. The highest BCUT2D eigenvalue weighted by molar-refractivity contribution is 6.31. The summed E-state index contributed by atoms with van der Waals surface area (Å²) < 4.78 is 48.3. The van der Waals surface area contributed by atoms with Crippen LogP contribution >= 0.6 is 11.6 Å². The van der Waals surface area contributed by atoms with Crippen LogP contribution in [0, 0.1) is 13.8 Å². The number of nitrogens with zero attached hydrogens (tertiary/aromatic N) is 1. The van der Waals surface area contributed by atoms with E-state index in [0.29, 0.717) is 49.1 Å². The molecule has 1 fully saturated rings. The van der Waals surface area contributed by atoms with Gasteiger partial charge in [0, 0.05) is 36.8 Å². The number of halogens is 3. The van der Waals surface area contributed by atoms with Gasteiger partial charge in [-0.15, -0.1) is 0 Å². The number of alkyl halides is 2. The van der Waals surface area contributed by atoms with E-state index in [-0.39, 0.29) is 37.9 Å². The Morgan fingerprint density at radius 3 is 2.47 bits per heavy atom. The van der Waals surface area contributed by atoms with Crippen molar-refractivity contribution in [1.82, 2.24) is 15.5 Å². The molecule has 0 saturated heterocycles. The summed E-state index contributed by atoms with van der Waals surface area (Å²) in [7, 11) is 1.57. The van der Waals surface area contributed by atoms with Crippen molar-refractivity contribution in [3.8, 4) is 11.5 Å². The van der Waals surface area contributed by atoms with Gasteiger partial charge in [-0.1, -0.05) is 54.1 Å². The van der Waals surface area contributed by atoms with Crippen LogP contribution in [0.3, 0.4) is 0 Å². The van der Waals surface area contributed by atoms with Gasteiger partial charge in [-0.2, -0.15) is 0 Å². The lowest BCUT2D eigenvalue weighted by molar-refractivity contribution is -0.129. The predicted molar refractivity (Wildman–Crippen MR) is 187 cm³/mol. The van der Waals surface area contributed by atoms with Crippen molar-refractivity contribution in [1.29, 1.82) is 0 Å². The minimum absolute atomic E-state index is 0.0722. The van der Waals surface area contributed by atoms with Crippen LogP contribution < -0.4 is 20.1 Å². The molecule has 1 amide bonds. The molecule has 1 aliphatic carbocycles. The van der Waals surface area contributed by atoms with Crippen LogP contribution in [0.15, 0.2) is 66.2 Å². The van der Waals surface area contributed by atoms with E-state index in [9.17, 15) is 13.6 Å². The van der Waals surface area contributed by atoms with Crippen molar-refractivity contribution in [2.75, 3.05) is 46.8 Å². The van der Waals surface area contributed by atoms with Crippen LogP contribution in [0.2, 0.25) is 5.02 Å². The number of amides is 1. The van der Waals surface area contributed by atoms with E-state index in [0.717, 1.165) is 52.0 Å². The molecule has 1 heterocycles. The second kappa shape index (κ2) is 17.9. The second-order valence-corrected chi connectivity index (χ2v) is 12.9. The maximum atomic E-state index is 14.6. The van der Waals surface area contributed by atoms with Crippen molar-refractivity contribution in [2.45, 2.75) is 64.7 Å². The summed E-state index contributed by atoms with van der Waals surface area (Å²) >= 11 is 6.63. The molecule has 2 aliphatic rings. The van der Waals surface area contributed by atoms with Crippen molar-refractivity contribution >= 4 is 23.1 Å². The van der Waals surface area contributed by atoms with Gasteiger partial charge in [-0.05, 0) is 91.2 Å². The van der Waals surface area contributed by atoms with Crippen molar-refractivity contribution < 1.29 is 32.5 Å². The van der Waals surface area contributed by atoms with Crippen LogP contribution in [0.5, 0.6) is 11.5 Å². The number of para-hydroxylation sites is 1. The first-order valence-electron chi connectivity index (χ1n) is 16.8. The fourth-order valence-corrected chi connectivity index (χ4v) is 6.32. The monoisotopic (exact) mass is 697 g/mol. The van der Waals surface area contributed by atoms with Gasteiger partial charge in [0.15, 0.2) is 0 Å². The quantitative estimate of drug-likeness (QED) is 0.113. The Morgan fingerprint density at radius 2 is 1.78 bits per heavy atom. The Bertz CT molecular complexity index is 1560. The second-order valence-electron chi connectivity index (χ2n) is 12.5. The zero-order chi connectivity index (χ0) is 34.8. The van der Waals surface area contributed by atoms with Gasteiger partial charge < -0.3 is 34.5 Å². The topological polar surface area (TPSA) is 81.3 Å². The summed E-state index contributed by atoms with van der Waals surface area (Å²) in [5.41, 5.74) is 6.35. The molecule has 8 nitrogen and oxygen atoms in total. The Balaban J connectivity index is 1.34. The molecule has 0 bridgehead atoms. The zero-order valence-electron chi connectivity index (χ0n) is 28.4. The number of methoxy groups -OCH3 is 1. The van der Waals surface area contributed by atoms with E-state index in [4.69, 9.17) is 30.5 Å². The predicted octanol–water partition coefficient (Wildman–Crippen LogP) is 6.70. The third-order valence-corrected chi connectivity index (χ3v) is 9.06. The third kappa shape index (κ3) is 10.2.